The average molecular weight is 251 g/mol. The van der Waals surface area contributed by atoms with Crippen LogP contribution in [0.1, 0.15) is 31.4 Å². The first kappa shape index (κ1) is 13.1. The standard InChI is InChI=1S/C13H21N3O2/c1-16-7-6-12(15-16)9-14-8-10-2-4-11(5-3-10)13(17)18/h6-7,10-11,14H,2-5,8-9H2,1H3,(H,17,18). The van der Waals surface area contributed by atoms with Crippen LogP contribution in [0.2, 0.25) is 0 Å². The van der Waals surface area contributed by atoms with Gasteiger partial charge in [-0.15, -0.1) is 0 Å². The number of aliphatic carboxylic acids is 1. The average Bonchev–Trinajstić information content (AvgIpc) is 2.76. The molecule has 0 amide bonds. The van der Waals surface area contributed by atoms with Crippen molar-refractivity contribution < 1.29 is 9.90 Å². The number of aromatic nitrogens is 2. The van der Waals surface area contributed by atoms with Gasteiger partial charge < -0.3 is 10.4 Å². The van der Waals surface area contributed by atoms with Gasteiger partial charge in [0.1, 0.15) is 0 Å². The molecule has 18 heavy (non-hydrogen) atoms. The van der Waals surface area contributed by atoms with E-state index >= 15 is 0 Å². The molecule has 1 aliphatic rings. The van der Waals surface area contributed by atoms with E-state index in [2.05, 4.69) is 10.4 Å². The van der Waals surface area contributed by atoms with Crippen molar-refractivity contribution in [3.63, 3.8) is 0 Å². The lowest BCUT2D eigenvalue weighted by molar-refractivity contribution is -0.143. The van der Waals surface area contributed by atoms with Gasteiger partial charge in [0, 0.05) is 19.8 Å². The molecule has 0 aliphatic heterocycles. The SMILES string of the molecule is Cn1ccc(CNCC2CCC(C(=O)O)CC2)n1. The van der Waals surface area contributed by atoms with E-state index in [0.717, 1.165) is 44.5 Å². The summed E-state index contributed by atoms with van der Waals surface area (Å²) in [7, 11) is 1.91. The second kappa shape index (κ2) is 6.00. The van der Waals surface area contributed by atoms with Crippen molar-refractivity contribution in [2.75, 3.05) is 6.54 Å². The number of rotatable bonds is 5. The Morgan fingerprint density at radius 3 is 2.78 bits per heavy atom. The van der Waals surface area contributed by atoms with Crippen LogP contribution in [0.4, 0.5) is 0 Å². The van der Waals surface area contributed by atoms with Crippen molar-refractivity contribution >= 4 is 5.97 Å². The van der Waals surface area contributed by atoms with Gasteiger partial charge in [0.05, 0.1) is 11.6 Å². The van der Waals surface area contributed by atoms with E-state index in [0.29, 0.717) is 5.92 Å². The molecule has 0 bridgehead atoms. The van der Waals surface area contributed by atoms with Crippen LogP contribution in [-0.2, 0) is 18.4 Å². The van der Waals surface area contributed by atoms with Gasteiger partial charge in [0.25, 0.3) is 0 Å². The van der Waals surface area contributed by atoms with Crippen LogP contribution in [-0.4, -0.2) is 27.4 Å². The summed E-state index contributed by atoms with van der Waals surface area (Å²) in [5, 5.41) is 16.6. The fourth-order valence-corrected chi connectivity index (χ4v) is 2.58. The Bertz CT molecular complexity index is 395. The number of carboxylic acid groups (broad SMARTS) is 1. The van der Waals surface area contributed by atoms with Crippen LogP contribution in [0.3, 0.4) is 0 Å². The number of aryl methyl sites for hydroxylation is 1. The molecule has 2 rings (SSSR count). The van der Waals surface area contributed by atoms with Crippen molar-refractivity contribution in [1.29, 1.82) is 0 Å². The molecule has 5 heteroatoms. The van der Waals surface area contributed by atoms with E-state index in [-0.39, 0.29) is 5.92 Å². The van der Waals surface area contributed by atoms with Crippen LogP contribution in [0, 0.1) is 11.8 Å². The van der Waals surface area contributed by atoms with E-state index in [1.54, 1.807) is 4.68 Å². The van der Waals surface area contributed by atoms with Crippen LogP contribution >= 0.6 is 0 Å². The molecule has 5 nitrogen and oxygen atoms in total. The number of hydrogen-bond acceptors (Lipinski definition) is 3. The third-order valence-corrected chi connectivity index (χ3v) is 3.70. The van der Waals surface area contributed by atoms with Gasteiger partial charge in [-0.2, -0.15) is 5.10 Å². The Morgan fingerprint density at radius 2 is 2.22 bits per heavy atom. The summed E-state index contributed by atoms with van der Waals surface area (Å²) in [6.45, 7) is 1.75. The molecule has 1 fully saturated rings. The molecular formula is C13H21N3O2. The van der Waals surface area contributed by atoms with Crippen molar-refractivity contribution in [1.82, 2.24) is 15.1 Å². The number of carbonyl (C=O) groups is 1. The molecule has 1 heterocycles. The summed E-state index contributed by atoms with van der Waals surface area (Å²) >= 11 is 0. The van der Waals surface area contributed by atoms with E-state index in [1.807, 2.05) is 19.3 Å². The molecule has 1 aromatic rings. The lowest BCUT2D eigenvalue weighted by atomic mass is 9.82. The van der Waals surface area contributed by atoms with Gasteiger partial charge in [-0.1, -0.05) is 0 Å². The van der Waals surface area contributed by atoms with Gasteiger partial charge in [0.2, 0.25) is 0 Å². The maximum atomic E-state index is 10.8. The minimum absolute atomic E-state index is 0.114. The minimum Gasteiger partial charge on any atom is -0.481 e. The molecule has 100 valence electrons. The van der Waals surface area contributed by atoms with Gasteiger partial charge in [-0.05, 0) is 44.2 Å². The molecule has 0 unspecified atom stereocenters. The quantitative estimate of drug-likeness (QED) is 0.830. The normalized spacial score (nSPS) is 24.1. The Balaban J connectivity index is 1.65. The highest BCUT2D eigenvalue weighted by Gasteiger charge is 2.25. The Kier molecular flexibility index (Phi) is 4.36. The highest BCUT2D eigenvalue weighted by molar-refractivity contribution is 5.69. The molecule has 1 aliphatic carbocycles. The van der Waals surface area contributed by atoms with Gasteiger partial charge in [-0.3, -0.25) is 9.48 Å². The lowest BCUT2D eigenvalue weighted by Gasteiger charge is -2.26. The zero-order valence-corrected chi connectivity index (χ0v) is 10.8. The van der Waals surface area contributed by atoms with E-state index in [9.17, 15) is 4.79 Å². The largest absolute Gasteiger partial charge is 0.481 e. The Hall–Kier alpha value is -1.36. The summed E-state index contributed by atoms with van der Waals surface area (Å²) in [5.74, 6) is -0.128. The van der Waals surface area contributed by atoms with Crippen molar-refractivity contribution in [3.8, 4) is 0 Å². The maximum Gasteiger partial charge on any atom is 0.306 e. The summed E-state index contributed by atoms with van der Waals surface area (Å²) in [5.41, 5.74) is 1.05. The third-order valence-electron chi connectivity index (χ3n) is 3.70. The Morgan fingerprint density at radius 1 is 1.50 bits per heavy atom. The maximum absolute atomic E-state index is 10.8. The predicted octanol–water partition coefficient (Wildman–Crippen LogP) is 1.40. The first-order valence-electron chi connectivity index (χ1n) is 6.57. The number of carboxylic acids is 1. The van der Waals surface area contributed by atoms with Gasteiger partial charge in [-0.25, -0.2) is 0 Å². The smallest absolute Gasteiger partial charge is 0.306 e. The molecule has 0 saturated heterocycles. The summed E-state index contributed by atoms with van der Waals surface area (Å²) in [4.78, 5) is 10.8. The summed E-state index contributed by atoms with van der Waals surface area (Å²) < 4.78 is 1.80. The highest BCUT2D eigenvalue weighted by atomic mass is 16.4. The van der Waals surface area contributed by atoms with Crippen LogP contribution in [0.5, 0.6) is 0 Å². The molecular weight excluding hydrogens is 230 g/mol. The Labute approximate surface area is 107 Å². The number of hydrogen-bond donors (Lipinski definition) is 2. The lowest BCUT2D eigenvalue weighted by Crippen LogP contribution is -2.28. The predicted molar refractivity (Wildman–Crippen MR) is 68.0 cm³/mol. The second-order valence-electron chi connectivity index (χ2n) is 5.17. The van der Waals surface area contributed by atoms with Gasteiger partial charge in [0.15, 0.2) is 0 Å². The fourth-order valence-electron chi connectivity index (χ4n) is 2.58. The topological polar surface area (TPSA) is 67.2 Å². The molecule has 0 atom stereocenters. The van der Waals surface area contributed by atoms with Crippen molar-refractivity contribution in [3.05, 3.63) is 18.0 Å². The molecule has 2 N–H and O–H groups in total. The second-order valence-corrected chi connectivity index (χ2v) is 5.17. The summed E-state index contributed by atoms with van der Waals surface area (Å²) in [6.07, 6.45) is 5.63. The van der Waals surface area contributed by atoms with Crippen LogP contribution in [0.15, 0.2) is 12.3 Å². The molecule has 1 aromatic heterocycles. The third kappa shape index (κ3) is 3.57. The first-order chi connectivity index (χ1) is 8.65. The summed E-state index contributed by atoms with van der Waals surface area (Å²) in [6, 6.07) is 2.01. The van der Waals surface area contributed by atoms with Gasteiger partial charge >= 0.3 is 5.97 Å². The highest BCUT2D eigenvalue weighted by Crippen LogP contribution is 2.28. The van der Waals surface area contributed by atoms with E-state index in [1.165, 1.54) is 0 Å². The molecule has 0 spiro atoms. The molecule has 0 radical (unpaired) electrons. The first-order valence-corrected chi connectivity index (χ1v) is 6.57. The van der Waals surface area contributed by atoms with E-state index in [4.69, 9.17) is 5.11 Å². The van der Waals surface area contributed by atoms with Crippen LogP contribution in [0.25, 0.3) is 0 Å². The van der Waals surface area contributed by atoms with Crippen LogP contribution < -0.4 is 5.32 Å². The monoisotopic (exact) mass is 251 g/mol. The zero-order chi connectivity index (χ0) is 13.0. The zero-order valence-electron chi connectivity index (χ0n) is 10.8. The van der Waals surface area contributed by atoms with E-state index < -0.39 is 5.97 Å². The minimum atomic E-state index is -0.630. The number of nitrogens with zero attached hydrogens (tertiary/aromatic N) is 2. The van der Waals surface area contributed by atoms with Crippen molar-refractivity contribution in [2.45, 2.75) is 32.2 Å². The molecule has 1 saturated carbocycles. The fraction of sp³-hybridized carbons (Fsp3) is 0.692. The van der Waals surface area contributed by atoms with Crippen molar-refractivity contribution in [2.24, 2.45) is 18.9 Å². The number of nitrogens with one attached hydrogen (secondary N) is 1. The molecule has 0 aromatic carbocycles.